The van der Waals surface area contributed by atoms with Crippen LogP contribution >= 0.6 is 0 Å². The Morgan fingerprint density at radius 1 is 1.44 bits per heavy atom. The number of halogens is 1. The predicted molar refractivity (Wildman–Crippen MR) is 63.9 cm³/mol. The monoisotopic (exact) mass is 249 g/mol. The van der Waals surface area contributed by atoms with E-state index in [0.29, 0.717) is 12.3 Å². The standard InChI is InChI=1S/C13H12FNO3/c1-2-18-12-6-5-9(8-10(12)14)15-7-3-4-11(15)13(16)17/h3-8H,2H2,1H3,(H,16,17). The predicted octanol–water partition coefficient (Wildman–Crippen LogP) is 2.71. The molecule has 94 valence electrons. The van der Waals surface area contributed by atoms with Crippen LogP contribution in [0.15, 0.2) is 36.5 Å². The van der Waals surface area contributed by atoms with Gasteiger partial charge < -0.3 is 14.4 Å². The molecular formula is C13H12FNO3. The van der Waals surface area contributed by atoms with Crippen LogP contribution in [0.2, 0.25) is 0 Å². The highest BCUT2D eigenvalue weighted by Crippen LogP contribution is 2.21. The highest BCUT2D eigenvalue weighted by atomic mass is 19.1. The molecule has 0 aliphatic heterocycles. The molecule has 5 heteroatoms. The average molecular weight is 249 g/mol. The van der Waals surface area contributed by atoms with Gasteiger partial charge in [0.1, 0.15) is 5.69 Å². The summed E-state index contributed by atoms with van der Waals surface area (Å²) in [5.74, 6) is -1.42. The molecule has 1 heterocycles. The first-order valence-electron chi connectivity index (χ1n) is 5.47. The van der Waals surface area contributed by atoms with Gasteiger partial charge in [0.05, 0.1) is 6.61 Å². The molecule has 0 radical (unpaired) electrons. The summed E-state index contributed by atoms with van der Waals surface area (Å²) < 4.78 is 20.2. The number of aromatic carboxylic acids is 1. The summed E-state index contributed by atoms with van der Waals surface area (Å²) in [6, 6.07) is 7.40. The Labute approximate surface area is 103 Å². The summed E-state index contributed by atoms with van der Waals surface area (Å²) in [4.78, 5) is 11.0. The maximum atomic E-state index is 13.7. The second-order valence-corrected chi connectivity index (χ2v) is 3.62. The van der Waals surface area contributed by atoms with Crippen molar-refractivity contribution in [3.05, 3.63) is 48.0 Å². The normalized spacial score (nSPS) is 10.3. The zero-order valence-electron chi connectivity index (χ0n) is 9.76. The molecular weight excluding hydrogens is 237 g/mol. The third-order valence-electron chi connectivity index (χ3n) is 2.46. The van der Waals surface area contributed by atoms with E-state index in [4.69, 9.17) is 9.84 Å². The maximum absolute atomic E-state index is 13.7. The van der Waals surface area contributed by atoms with Crippen molar-refractivity contribution in [3.63, 3.8) is 0 Å². The zero-order valence-corrected chi connectivity index (χ0v) is 9.76. The van der Waals surface area contributed by atoms with Crippen molar-refractivity contribution >= 4 is 5.97 Å². The van der Waals surface area contributed by atoms with E-state index in [1.165, 1.54) is 22.8 Å². The Balaban J connectivity index is 2.42. The Morgan fingerprint density at radius 3 is 2.83 bits per heavy atom. The Hall–Kier alpha value is -2.30. The maximum Gasteiger partial charge on any atom is 0.352 e. The first-order chi connectivity index (χ1) is 8.63. The minimum absolute atomic E-state index is 0.0820. The summed E-state index contributed by atoms with van der Waals surface area (Å²) in [5, 5.41) is 8.98. The summed E-state index contributed by atoms with van der Waals surface area (Å²) in [6.07, 6.45) is 1.57. The number of benzene rings is 1. The molecule has 2 rings (SSSR count). The van der Waals surface area contributed by atoms with Crippen molar-refractivity contribution < 1.29 is 19.0 Å². The van der Waals surface area contributed by atoms with E-state index >= 15 is 0 Å². The molecule has 1 aromatic carbocycles. The number of hydrogen-bond acceptors (Lipinski definition) is 2. The van der Waals surface area contributed by atoms with E-state index in [9.17, 15) is 9.18 Å². The fourth-order valence-corrected chi connectivity index (χ4v) is 1.69. The molecule has 0 fully saturated rings. The van der Waals surface area contributed by atoms with E-state index < -0.39 is 11.8 Å². The van der Waals surface area contributed by atoms with E-state index in [-0.39, 0.29) is 11.4 Å². The van der Waals surface area contributed by atoms with Crippen LogP contribution in [-0.2, 0) is 0 Å². The van der Waals surface area contributed by atoms with E-state index in [1.54, 1.807) is 25.3 Å². The second kappa shape index (κ2) is 4.91. The van der Waals surface area contributed by atoms with Crippen molar-refractivity contribution in [1.82, 2.24) is 4.57 Å². The number of carboxylic acid groups (broad SMARTS) is 1. The van der Waals surface area contributed by atoms with Crippen LogP contribution in [0.1, 0.15) is 17.4 Å². The minimum Gasteiger partial charge on any atom is -0.491 e. The van der Waals surface area contributed by atoms with Crippen LogP contribution in [-0.4, -0.2) is 22.2 Å². The third kappa shape index (κ3) is 2.20. The van der Waals surface area contributed by atoms with Crippen LogP contribution in [0.4, 0.5) is 4.39 Å². The third-order valence-corrected chi connectivity index (χ3v) is 2.46. The minimum atomic E-state index is -1.06. The molecule has 0 bridgehead atoms. The molecule has 0 saturated carbocycles. The lowest BCUT2D eigenvalue weighted by Crippen LogP contribution is -2.06. The highest BCUT2D eigenvalue weighted by molar-refractivity contribution is 5.86. The lowest BCUT2D eigenvalue weighted by Gasteiger charge is -2.09. The number of carbonyl (C=O) groups is 1. The average Bonchev–Trinajstić information content (AvgIpc) is 2.81. The molecule has 4 nitrogen and oxygen atoms in total. The molecule has 0 aliphatic rings. The van der Waals surface area contributed by atoms with Gasteiger partial charge in [0.15, 0.2) is 11.6 Å². The Morgan fingerprint density at radius 2 is 2.22 bits per heavy atom. The molecule has 18 heavy (non-hydrogen) atoms. The fraction of sp³-hybridized carbons (Fsp3) is 0.154. The van der Waals surface area contributed by atoms with Gasteiger partial charge in [-0.1, -0.05) is 0 Å². The van der Waals surface area contributed by atoms with E-state index in [2.05, 4.69) is 0 Å². The van der Waals surface area contributed by atoms with Crippen LogP contribution < -0.4 is 4.74 Å². The number of nitrogens with zero attached hydrogens (tertiary/aromatic N) is 1. The lowest BCUT2D eigenvalue weighted by atomic mass is 10.2. The van der Waals surface area contributed by atoms with Crippen molar-refractivity contribution in [1.29, 1.82) is 0 Å². The smallest absolute Gasteiger partial charge is 0.352 e. The van der Waals surface area contributed by atoms with E-state index in [1.807, 2.05) is 0 Å². The first-order valence-corrected chi connectivity index (χ1v) is 5.47. The summed E-state index contributed by atoms with van der Waals surface area (Å²) in [6.45, 7) is 2.14. The number of hydrogen-bond donors (Lipinski definition) is 1. The number of aromatic nitrogens is 1. The van der Waals surface area contributed by atoms with E-state index in [0.717, 1.165) is 0 Å². The summed E-state index contributed by atoms with van der Waals surface area (Å²) in [5.41, 5.74) is 0.525. The fourth-order valence-electron chi connectivity index (χ4n) is 1.69. The number of rotatable bonds is 4. The van der Waals surface area contributed by atoms with Gasteiger partial charge in [-0.25, -0.2) is 9.18 Å². The Bertz CT molecular complexity index is 577. The van der Waals surface area contributed by atoms with Gasteiger partial charge in [-0.3, -0.25) is 0 Å². The van der Waals surface area contributed by atoms with Gasteiger partial charge in [0.2, 0.25) is 0 Å². The lowest BCUT2D eigenvalue weighted by molar-refractivity contribution is 0.0688. The molecule has 1 N–H and O–H groups in total. The summed E-state index contributed by atoms with van der Waals surface area (Å²) >= 11 is 0. The number of ether oxygens (including phenoxy) is 1. The van der Waals surface area contributed by atoms with Crippen molar-refractivity contribution in [2.45, 2.75) is 6.92 Å². The zero-order chi connectivity index (χ0) is 13.1. The SMILES string of the molecule is CCOc1ccc(-n2cccc2C(=O)O)cc1F. The van der Waals surface area contributed by atoms with Crippen molar-refractivity contribution in [3.8, 4) is 11.4 Å². The number of carboxylic acids is 1. The quantitative estimate of drug-likeness (QED) is 0.906. The second-order valence-electron chi connectivity index (χ2n) is 3.62. The van der Waals surface area contributed by atoms with Gasteiger partial charge in [-0.15, -0.1) is 0 Å². The highest BCUT2D eigenvalue weighted by Gasteiger charge is 2.12. The Kier molecular flexibility index (Phi) is 3.32. The van der Waals surface area contributed by atoms with Crippen LogP contribution in [0.5, 0.6) is 5.75 Å². The topological polar surface area (TPSA) is 51.5 Å². The molecule has 0 saturated heterocycles. The van der Waals surface area contributed by atoms with Gasteiger partial charge in [-0.2, -0.15) is 0 Å². The van der Waals surface area contributed by atoms with Crippen molar-refractivity contribution in [2.75, 3.05) is 6.61 Å². The molecule has 0 amide bonds. The van der Waals surface area contributed by atoms with Gasteiger partial charge >= 0.3 is 5.97 Å². The van der Waals surface area contributed by atoms with Gasteiger partial charge in [0.25, 0.3) is 0 Å². The molecule has 0 atom stereocenters. The molecule has 0 spiro atoms. The van der Waals surface area contributed by atoms with Crippen LogP contribution in [0.25, 0.3) is 5.69 Å². The molecule has 2 aromatic rings. The van der Waals surface area contributed by atoms with Gasteiger partial charge in [0, 0.05) is 18.0 Å². The summed E-state index contributed by atoms with van der Waals surface area (Å²) in [7, 11) is 0. The van der Waals surface area contributed by atoms with Crippen LogP contribution in [0.3, 0.4) is 0 Å². The molecule has 1 aromatic heterocycles. The molecule has 0 unspecified atom stereocenters. The van der Waals surface area contributed by atoms with Crippen LogP contribution in [0, 0.1) is 5.82 Å². The largest absolute Gasteiger partial charge is 0.491 e. The van der Waals surface area contributed by atoms with Gasteiger partial charge in [-0.05, 0) is 31.2 Å². The first kappa shape index (κ1) is 12.2. The molecule has 0 aliphatic carbocycles. The van der Waals surface area contributed by atoms with Crippen molar-refractivity contribution in [2.24, 2.45) is 0 Å².